The highest BCUT2D eigenvalue weighted by molar-refractivity contribution is 7.15. The molecule has 0 radical (unpaired) electrons. The molecule has 0 spiro atoms. The van der Waals surface area contributed by atoms with Gasteiger partial charge in [-0.05, 0) is 59.7 Å². The zero-order valence-corrected chi connectivity index (χ0v) is 24.1. The van der Waals surface area contributed by atoms with E-state index in [0.29, 0.717) is 33.4 Å². The van der Waals surface area contributed by atoms with Crippen molar-refractivity contribution in [2.24, 2.45) is 0 Å². The van der Waals surface area contributed by atoms with Crippen molar-refractivity contribution in [3.05, 3.63) is 159 Å². The van der Waals surface area contributed by atoms with Crippen LogP contribution in [-0.2, 0) is 6.61 Å². The molecule has 0 bridgehead atoms. The number of aromatic nitrogens is 5. The van der Waals surface area contributed by atoms with E-state index in [0.717, 1.165) is 27.9 Å². The van der Waals surface area contributed by atoms with E-state index in [4.69, 9.17) is 9.84 Å². The Morgan fingerprint density at radius 1 is 0.841 bits per heavy atom. The molecular formula is C35H24FN5O2S. The van der Waals surface area contributed by atoms with Gasteiger partial charge in [-0.25, -0.2) is 9.07 Å². The Balaban J connectivity index is 1.24. The Morgan fingerprint density at radius 3 is 2.39 bits per heavy atom. The number of benzene rings is 4. The molecule has 0 atom stereocenters. The molecule has 44 heavy (non-hydrogen) atoms. The number of ether oxygens (including phenoxy) is 1. The summed E-state index contributed by atoms with van der Waals surface area (Å²) in [4.78, 5) is 18.5. The molecule has 0 N–H and O–H groups in total. The third kappa shape index (κ3) is 5.81. The van der Waals surface area contributed by atoms with E-state index in [1.165, 1.54) is 28.0 Å². The fraction of sp³-hybridized carbons (Fsp3) is 0.0286. The minimum absolute atomic E-state index is 0.244. The predicted molar refractivity (Wildman–Crippen MR) is 171 cm³/mol. The molecule has 0 saturated heterocycles. The van der Waals surface area contributed by atoms with E-state index in [-0.39, 0.29) is 11.4 Å². The van der Waals surface area contributed by atoms with Gasteiger partial charge in [0.1, 0.15) is 23.9 Å². The Bertz CT molecular complexity index is 2210. The van der Waals surface area contributed by atoms with Crippen LogP contribution in [0.1, 0.15) is 22.5 Å². The first-order chi connectivity index (χ1) is 21.6. The zero-order valence-electron chi connectivity index (χ0n) is 23.2. The van der Waals surface area contributed by atoms with Gasteiger partial charge in [0.25, 0.3) is 5.56 Å². The summed E-state index contributed by atoms with van der Waals surface area (Å²) in [5, 5.41) is 9.32. The SMILES string of the molecule is O=c1/c(=C/c2cn(-c3ccccc3)nc2-c2cccc(OCc3ccc(F)cc3)c2)sc2nc(/C=C/c3ccccc3)nn12. The van der Waals surface area contributed by atoms with Crippen LogP contribution in [0.15, 0.2) is 120 Å². The molecule has 3 aromatic heterocycles. The van der Waals surface area contributed by atoms with E-state index in [9.17, 15) is 9.18 Å². The van der Waals surface area contributed by atoms with Gasteiger partial charge >= 0.3 is 0 Å². The molecule has 7 rings (SSSR count). The largest absolute Gasteiger partial charge is 0.489 e. The lowest BCUT2D eigenvalue weighted by atomic mass is 10.1. The van der Waals surface area contributed by atoms with Crippen LogP contribution in [0.3, 0.4) is 0 Å². The van der Waals surface area contributed by atoms with Gasteiger partial charge in [0.2, 0.25) is 4.96 Å². The number of para-hydroxylation sites is 1. The first-order valence-corrected chi connectivity index (χ1v) is 14.7. The molecule has 0 aliphatic carbocycles. The van der Waals surface area contributed by atoms with Crippen LogP contribution in [0, 0.1) is 5.82 Å². The number of thiazole rings is 1. The smallest absolute Gasteiger partial charge is 0.291 e. The Kier molecular flexibility index (Phi) is 7.35. The van der Waals surface area contributed by atoms with Crippen molar-refractivity contribution < 1.29 is 9.13 Å². The van der Waals surface area contributed by atoms with Gasteiger partial charge in [-0.15, -0.1) is 5.10 Å². The molecule has 0 aliphatic rings. The maximum Gasteiger partial charge on any atom is 0.291 e. The van der Waals surface area contributed by atoms with Crippen LogP contribution < -0.4 is 14.8 Å². The third-order valence-electron chi connectivity index (χ3n) is 6.90. The van der Waals surface area contributed by atoms with Gasteiger partial charge in [-0.1, -0.05) is 90.2 Å². The predicted octanol–water partition coefficient (Wildman–Crippen LogP) is 6.44. The van der Waals surface area contributed by atoms with Crippen molar-refractivity contribution in [1.29, 1.82) is 0 Å². The number of nitrogens with zero attached hydrogens (tertiary/aromatic N) is 5. The summed E-state index contributed by atoms with van der Waals surface area (Å²) < 4.78 is 22.9. The maximum atomic E-state index is 13.4. The summed E-state index contributed by atoms with van der Waals surface area (Å²) in [6, 6.07) is 33.5. The molecule has 4 aromatic carbocycles. The van der Waals surface area contributed by atoms with Crippen LogP contribution in [0.5, 0.6) is 5.75 Å². The summed E-state index contributed by atoms with van der Waals surface area (Å²) in [5.74, 6) is 0.829. The second-order valence-electron chi connectivity index (χ2n) is 9.98. The van der Waals surface area contributed by atoms with Crippen LogP contribution in [0.25, 0.3) is 40.1 Å². The average Bonchev–Trinajstić information content (AvgIpc) is 3.75. The van der Waals surface area contributed by atoms with Crippen LogP contribution in [0.2, 0.25) is 0 Å². The number of hydrogen-bond acceptors (Lipinski definition) is 6. The van der Waals surface area contributed by atoms with E-state index >= 15 is 0 Å². The minimum Gasteiger partial charge on any atom is -0.489 e. The summed E-state index contributed by atoms with van der Waals surface area (Å²) in [6.45, 7) is 0.297. The highest BCUT2D eigenvalue weighted by Gasteiger charge is 2.15. The van der Waals surface area contributed by atoms with Crippen molar-refractivity contribution >= 4 is 34.5 Å². The Morgan fingerprint density at radius 2 is 1.61 bits per heavy atom. The van der Waals surface area contributed by atoms with Crippen LogP contribution in [-0.4, -0.2) is 24.4 Å². The normalized spacial score (nSPS) is 12.0. The fourth-order valence-electron chi connectivity index (χ4n) is 4.71. The molecule has 214 valence electrons. The number of hydrogen-bond donors (Lipinski definition) is 0. The number of rotatable bonds is 8. The quantitative estimate of drug-likeness (QED) is 0.202. The first kappa shape index (κ1) is 27.2. The molecule has 3 heterocycles. The Hall–Kier alpha value is -5.67. The second-order valence-corrected chi connectivity index (χ2v) is 11.0. The van der Waals surface area contributed by atoms with Gasteiger partial charge in [0.05, 0.1) is 10.2 Å². The van der Waals surface area contributed by atoms with Gasteiger partial charge in [-0.3, -0.25) is 4.79 Å². The standard InChI is InChI=1S/C35H24FN5O2S/c36-28-17-14-25(15-18-28)23-43-30-13-7-10-26(20-30)33-27(22-40(39-33)29-11-5-2-6-12-29)21-31-34(42)41-35(44-31)37-32(38-41)19-16-24-8-3-1-4-9-24/h1-22H,23H2/b19-16+,31-21-. The lowest BCUT2D eigenvalue weighted by molar-refractivity contribution is 0.306. The Labute approximate surface area is 255 Å². The van der Waals surface area contributed by atoms with Gasteiger partial charge in [0.15, 0.2) is 5.82 Å². The van der Waals surface area contributed by atoms with Gasteiger partial charge in [0, 0.05) is 17.3 Å². The minimum atomic E-state index is -0.287. The van der Waals surface area contributed by atoms with Crippen LogP contribution in [0.4, 0.5) is 4.39 Å². The molecule has 7 nitrogen and oxygen atoms in total. The molecule has 0 amide bonds. The zero-order chi connectivity index (χ0) is 29.9. The van der Waals surface area contributed by atoms with E-state index in [1.807, 2.05) is 103 Å². The molecule has 0 unspecified atom stereocenters. The monoisotopic (exact) mass is 597 g/mol. The maximum absolute atomic E-state index is 13.4. The van der Waals surface area contributed by atoms with Crippen molar-refractivity contribution in [3.63, 3.8) is 0 Å². The summed E-state index contributed by atoms with van der Waals surface area (Å²) >= 11 is 1.28. The second kappa shape index (κ2) is 11.9. The first-order valence-electron chi connectivity index (χ1n) is 13.9. The van der Waals surface area contributed by atoms with Gasteiger partial charge < -0.3 is 4.74 Å². The molecule has 7 aromatic rings. The van der Waals surface area contributed by atoms with E-state index < -0.39 is 0 Å². The number of halogens is 1. The molecule has 0 fully saturated rings. The highest BCUT2D eigenvalue weighted by Crippen LogP contribution is 2.28. The summed E-state index contributed by atoms with van der Waals surface area (Å²) in [6.07, 6.45) is 7.44. The van der Waals surface area contributed by atoms with E-state index in [1.54, 1.807) is 22.9 Å². The lowest BCUT2D eigenvalue weighted by Crippen LogP contribution is -2.23. The third-order valence-corrected chi connectivity index (χ3v) is 7.86. The van der Waals surface area contributed by atoms with E-state index in [2.05, 4.69) is 10.1 Å². The number of fused-ring (bicyclic) bond motifs is 1. The molecule has 9 heteroatoms. The molecule has 0 saturated carbocycles. The van der Waals surface area contributed by atoms with Crippen molar-refractivity contribution in [2.75, 3.05) is 0 Å². The van der Waals surface area contributed by atoms with Gasteiger partial charge in [-0.2, -0.15) is 14.6 Å². The van der Waals surface area contributed by atoms with Crippen molar-refractivity contribution in [1.82, 2.24) is 24.4 Å². The van der Waals surface area contributed by atoms with Crippen molar-refractivity contribution in [2.45, 2.75) is 6.61 Å². The highest BCUT2D eigenvalue weighted by atomic mass is 32.1. The summed E-state index contributed by atoms with van der Waals surface area (Å²) in [5.41, 5.74) is 4.79. The fourth-order valence-corrected chi connectivity index (χ4v) is 5.61. The molecular weight excluding hydrogens is 573 g/mol. The van der Waals surface area contributed by atoms with Crippen LogP contribution >= 0.6 is 11.3 Å². The molecule has 0 aliphatic heterocycles. The lowest BCUT2D eigenvalue weighted by Gasteiger charge is -2.08. The topological polar surface area (TPSA) is 74.3 Å². The van der Waals surface area contributed by atoms with Crippen molar-refractivity contribution in [3.8, 4) is 22.7 Å². The summed E-state index contributed by atoms with van der Waals surface area (Å²) in [7, 11) is 0. The average molecular weight is 598 g/mol.